The van der Waals surface area contributed by atoms with E-state index >= 15 is 0 Å². The molecule has 2 aromatic heterocycles. The first-order valence-electron chi connectivity index (χ1n) is 4.29. The minimum absolute atomic E-state index is 0. The number of imidazole rings is 1. The predicted molar refractivity (Wildman–Crippen MR) is 52.7 cm³/mol. The van der Waals surface area contributed by atoms with Crippen LogP contribution in [0.4, 0.5) is 5.82 Å². The van der Waals surface area contributed by atoms with E-state index in [0.29, 0.717) is 0 Å². The van der Waals surface area contributed by atoms with Crippen molar-refractivity contribution in [2.75, 3.05) is 12.4 Å². The second-order valence-corrected chi connectivity index (χ2v) is 2.16. The van der Waals surface area contributed by atoms with Crippen molar-refractivity contribution in [1.29, 1.82) is 0 Å². The standard InChI is InChI=1S/C7H7N4.C2H6.Re/c1-8-6-5-11-3-2-9-4-7(11)10-6;1-2;/h3-5,8H,1H3;1-2H3;/q-1;;. The molecule has 2 aromatic rings. The van der Waals surface area contributed by atoms with Gasteiger partial charge in [0.2, 0.25) is 0 Å². The molecule has 0 unspecified atom stereocenters. The van der Waals surface area contributed by atoms with Crippen LogP contribution < -0.4 is 5.32 Å². The van der Waals surface area contributed by atoms with Gasteiger partial charge >= 0.3 is 0 Å². The molecule has 0 aliphatic rings. The van der Waals surface area contributed by atoms with E-state index in [-0.39, 0.29) is 20.4 Å². The molecule has 4 nitrogen and oxygen atoms in total. The number of hydrogen-bond acceptors (Lipinski definition) is 3. The monoisotopic (exact) mass is 364 g/mol. The third kappa shape index (κ3) is 2.79. The summed E-state index contributed by atoms with van der Waals surface area (Å²) in [6.07, 6.45) is 8.01. The molecule has 14 heavy (non-hydrogen) atoms. The predicted octanol–water partition coefficient (Wildman–Crippen LogP) is 1.59. The van der Waals surface area contributed by atoms with Crippen LogP contribution in [0.2, 0.25) is 0 Å². The Balaban J connectivity index is 0.000000531. The van der Waals surface area contributed by atoms with Crippen LogP contribution in [0.15, 0.2) is 18.6 Å². The van der Waals surface area contributed by atoms with Crippen molar-refractivity contribution < 1.29 is 20.4 Å². The fourth-order valence-electron chi connectivity index (χ4n) is 0.918. The van der Waals surface area contributed by atoms with E-state index in [9.17, 15) is 0 Å². The van der Waals surface area contributed by atoms with Crippen molar-refractivity contribution in [2.45, 2.75) is 13.8 Å². The molecule has 77 valence electrons. The molecule has 2 heterocycles. The first-order chi connectivity index (χ1) is 6.40. The normalized spacial score (nSPS) is 8.50. The molecule has 5 heteroatoms. The minimum Gasteiger partial charge on any atom is -0.454 e. The van der Waals surface area contributed by atoms with Crippen LogP contribution in [-0.4, -0.2) is 21.4 Å². The largest absolute Gasteiger partial charge is 0.454 e. The molecule has 0 spiro atoms. The molecule has 1 radical (unpaired) electrons. The van der Waals surface area contributed by atoms with Crippen LogP contribution in [-0.2, 0) is 20.4 Å². The maximum absolute atomic E-state index is 4.20. The molecule has 0 bridgehead atoms. The number of rotatable bonds is 1. The summed E-state index contributed by atoms with van der Waals surface area (Å²) in [5.41, 5.74) is 0.827. The molecule has 0 aliphatic carbocycles. The van der Waals surface area contributed by atoms with E-state index in [0.717, 1.165) is 11.5 Å². The molecule has 0 saturated carbocycles. The molecule has 1 N–H and O–H groups in total. The van der Waals surface area contributed by atoms with Gasteiger partial charge in [0.25, 0.3) is 0 Å². The molecule has 0 atom stereocenters. The zero-order valence-corrected chi connectivity index (χ0v) is 11.2. The molecular formula is C9H13N4Re-. The Kier molecular flexibility index (Phi) is 6.10. The van der Waals surface area contributed by atoms with Crippen molar-refractivity contribution in [2.24, 2.45) is 0 Å². The van der Waals surface area contributed by atoms with Crippen LogP contribution in [0.5, 0.6) is 0 Å². The molecule has 2 rings (SSSR count). The zero-order chi connectivity index (χ0) is 9.68. The molecular weight excluding hydrogens is 350 g/mol. The van der Waals surface area contributed by atoms with E-state index < -0.39 is 0 Å². The summed E-state index contributed by atoms with van der Waals surface area (Å²) in [7, 11) is 1.83. The fraction of sp³-hybridized carbons (Fsp3) is 0.333. The van der Waals surface area contributed by atoms with E-state index in [2.05, 4.69) is 21.5 Å². The number of nitrogens with one attached hydrogen (secondary N) is 1. The summed E-state index contributed by atoms with van der Waals surface area (Å²) in [5.74, 6) is 0.839. The average Bonchev–Trinajstić information content (AvgIpc) is 2.63. The Morgan fingerprint density at radius 2 is 2.14 bits per heavy atom. The van der Waals surface area contributed by atoms with Gasteiger partial charge in [0.05, 0.1) is 5.65 Å². The Morgan fingerprint density at radius 1 is 1.43 bits per heavy atom. The van der Waals surface area contributed by atoms with Crippen molar-refractivity contribution >= 4 is 11.5 Å². The van der Waals surface area contributed by atoms with Gasteiger partial charge in [-0.25, -0.2) is 4.98 Å². The number of aromatic nitrogens is 3. The van der Waals surface area contributed by atoms with Crippen LogP contribution in [0.25, 0.3) is 5.65 Å². The topological polar surface area (TPSA) is 42.2 Å². The van der Waals surface area contributed by atoms with Crippen molar-refractivity contribution in [3.63, 3.8) is 0 Å². The van der Waals surface area contributed by atoms with Crippen molar-refractivity contribution in [1.82, 2.24) is 14.4 Å². The van der Waals surface area contributed by atoms with Gasteiger partial charge < -0.3 is 14.7 Å². The van der Waals surface area contributed by atoms with Gasteiger partial charge in [-0.05, 0) is 0 Å². The second-order valence-electron chi connectivity index (χ2n) is 2.16. The summed E-state index contributed by atoms with van der Waals surface area (Å²) in [6.45, 7) is 4.00. The third-order valence-corrected chi connectivity index (χ3v) is 1.47. The third-order valence-electron chi connectivity index (χ3n) is 1.47. The number of anilines is 1. The molecule has 0 aromatic carbocycles. The SMILES string of the molecule is CC.CNc1cn2c[c-]ncc2n1.[Re]. The molecule has 0 saturated heterocycles. The van der Waals surface area contributed by atoms with Crippen molar-refractivity contribution in [3.05, 3.63) is 24.8 Å². The first-order valence-corrected chi connectivity index (χ1v) is 4.29. The number of fused-ring (bicyclic) bond motifs is 1. The fourth-order valence-corrected chi connectivity index (χ4v) is 0.918. The van der Waals surface area contributed by atoms with Crippen LogP contribution in [0.3, 0.4) is 0 Å². The summed E-state index contributed by atoms with van der Waals surface area (Å²) in [4.78, 5) is 8.02. The molecule has 0 amide bonds. The van der Waals surface area contributed by atoms with Gasteiger partial charge in [-0.15, -0.1) is 6.20 Å². The van der Waals surface area contributed by atoms with Gasteiger partial charge in [-0.1, -0.05) is 26.2 Å². The summed E-state index contributed by atoms with van der Waals surface area (Å²) in [6, 6.07) is 0. The number of nitrogens with zero attached hydrogens (tertiary/aromatic N) is 3. The summed E-state index contributed by atoms with van der Waals surface area (Å²) in [5, 5.41) is 2.94. The Hall–Kier alpha value is -0.918. The Labute approximate surface area is 97.4 Å². The van der Waals surface area contributed by atoms with E-state index in [4.69, 9.17) is 0 Å². The molecule has 0 aliphatic heterocycles. The van der Waals surface area contributed by atoms with Gasteiger partial charge in [-0.2, -0.15) is 0 Å². The maximum Gasteiger partial charge on any atom is 0.143 e. The van der Waals surface area contributed by atoms with Crippen LogP contribution in [0.1, 0.15) is 13.8 Å². The average molecular weight is 363 g/mol. The van der Waals surface area contributed by atoms with Gasteiger partial charge in [0, 0.05) is 33.7 Å². The summed E-state index contributed by atoms with van der Waals surface area (Å²) < 4.78 is 1.86. The van der Waals surface area contributed by atoms with Crippen LogP contribution in [0, 0.1) is 6.20 Å². The van der Waals surface area contributed by atoms with Gasteiger partial charge in [0.1, 0.15) is 5.82 Å². The van der Waals surface area contributed by atoms with E-state index in [1.807, 2.05) is 31.5 Å². The van der Waals surface area contributed by atoms with Crippen LogP contribution >= 0.6 is 0 Å². The van der Waals surface area contributed by atoms with Crippen molar-refractivity contribution in [3.8, 4) is 0 Å². The molecule has 0 fully saturated rings. The second kappa shape index (κ2) is 6.52. The maximum atomic E-state index is 4.20. The smallest absolute Gasteiger partial charge is 0.143 e. The first kappa shape index (κ1) is 13.1. The van der Waals surface area contributed by atoms with E-state index in [1.165, 1.54) is 0 Å². The number of hydrogen-bond donors (Lipinski definition) is 1. The van der Waals surface area contributed by atoms with E-state index in [1.54, 1.807) is 12.4 Å². The zero-order valence-electron chi connectivity index (χ0n) is 8.45. The quantitative estimate of drug-likeness (QED) is 0.783. The minimum atomic E-state index is 0. The Morgan fingerprint density at radius 3 is 2.71 bits per heavy atom. The van der Waals surface area contributed by atoms with Gasteiger partial charge in [-0.3, -0.25) is 0 Å². The summed E-state index contributed by atoms with van der Waals surface area (Å²) >= 11 is 0. The van der Waals surface area contributed by atoms with Gasteiger partial charge in [0.15, 0.2) is 0 Å². The Bertz CT molecular complexity index is 339.